The van der Waals surface area contributed by atoms with Crippen LogP contribution >= 0.6 is 0 Å². The zero-order chi connectivity index (χ0) is 16.5. The first-order valence-corrected chi connectivity index (χ1v) is 10.5. The highest BCUT2D eigenvalue weighted by Gasteiger charge is 2.47. The first-order valence-electron chi connectivity index (χ1n) is 8.39. The second-order valence-electron chi connectivity index (χ2n) is 7.39. The molecule has 1 N–H and O–H groups in total. The molecule has 1 aromatic rings. The van der Waals surface area contributed by atoms with E-state index in [1.54, 1.807) is 0 Å². The molecule has 0 spiro atoms. The fourth-order valence-corrected chi connectivity index (χ4v) is 5.08. The summed E-state index contributed by atoms with van der Waals surface area (Å²) in [5.41, 5.74) is 0.844. The zero-order valence-electron chi connectivity index (χ0n) is 13.6. The molecule has 23 heavy (non-hydrogen) atoms. The van der Waals surface area contributed by atoms with Gasteiger partial charge in [0.2, 0.25) is 5.91 Å². The Kier molecular flexibility index (Phi) is 4.50. The Morgan fingerprint density at radius 3 is 2.39 bits per heavy atom. The topological polar surface area (TPSA) is 63.2 Å². The molecule has 2 aliphatic carbocycles. The van der Waals surface area contributed by atoms with Gasteiger partial charge in [-0.25, -0.2) is 8.42 Å². The van der Waals surface area contributed by atoms with Crippen molar-refractivity contribution in [1.82, 2.24) is 5.32 Å². The Balaban J connectivity index is 1.65. The molecule has 0 unspecified atom stereocenters. The average molecular weight is 335 g/mol. The predicted molar refractivity (Wildman–Crippen MR) is 90.7 cm³/mol. The number of nitrogens with one attached hydrogen (secondary N) is 1. The molecule has 126 valence electrons. The van der Waals surface area contributed by atoms with Crippen LogP contribution in [0.4, 0.5) is 0 Å². The van der Waals surface area contributed by atoms with Crippen LogP contribution in [0.25, 0.3) is 0 Å². The molecular weight excluding hydrogens is 310 g/mol. The summed E-state index contributed by atoms with van der Waals surface area (Å²) in [6, 6.07) is 10.2. The molecule has 3 rings (SSSR count). The van der Waals surface area contributed by atoms with Gasteiger partial charge in [0.05, 0.1) is 11.8 Å². The van der Waals surface area contributed by atoms with Gasteiger partial charge in [-0.2, -0.15) is 0 Å². The third-order valence-electron chi connectivity index (χ3n) is 5.16. The van der Waals surface area contributed by atoms with E-state index < -0.39 is 9.84 Å². The lowest BCUT2D eigenvalue weighted by molar-refractivity contribution is -0.123. The van der Waals surface area contributed by atoms with Crippen molar-refractivity contribution in [3.05, 3.63) is 35.9 Å². The lowest BCUT2D eigenvalue weighted by atomic mass is 9.77. The van der Waals surface area contributed by atoms with Crippen molar-refractivity contribution in [1.29, 1.82) is 0 Å². The molecule has 1 aromatic carbocycles. The van der Waals surface area contributed by atoms with Crippen LogP contribution in [0.3, 0.4) is 0 Å². The van der Waals surface area contributed by atoms with Crippen LogP contribution in [0.15, 0.2) is 30.3 Å². The Morgan fingerprint density at radius 1 is 1.26 bits per heavy atom. The third kappa shape index (κ3) is 4.34. The molecule has 2 saturated carbocycles. The standard InChI is InChI=1S/C18H25NO3S/c1-23(21,22)13-18(10-11-18)12-16(20)19-17(15-8-5-9-15)14-6-3-2-4-7-14/h2-4,6-7,15,17H,5,8-13H2,1H3,(H,19,20)/t17-/m1/s1. The van der Waals surface area contributed by atoms with Crippen LogP contribution in [0.2, 0.25) is 0 Å². The normalized spacial score (nSPS) is 21.3. The van der Waals surface area contributed by atoms with Gasteiger partial charge >= 0.3 is 0 Å². The van der Waals surface area contributed by atoms with Crippen LogP contribution < -0.4 is 5.32 Å². The molecule has 0 radical (unpaired) electrons. The van der Waals surface area contributed by atoms with Gasteiger partial charge in [-0.3, -0.25) is 4.79 Å². The van der Waals surface area contributed by atoms with Gasteiger partial charge < -0.3 is 5.32 Å². The summed E-state index contributed by atoms with van der Waals surface area (Å²) in [5.74, 6) is 0.630. The number of benzene rings is 1. The van der Waals surface area contributed by atoms with Crippen molar-refractivity contribution in [3.8, 4) is 0 Å². The molecule has 0 aliphatic heterocycles. The van der Waals surface area contributed by atoms with Gasteiger partial charge in [0, 0.05) is 12.7 Å². The fourth-order valence-electron chi connectivity index (χ4n) is 3.58. The minimum Gasteiger partial charge on any atom is -0.349 e. The SMILES string of the molecule is CS(=O)(=O)CC1(CC(=O)N[C@H](c2ccccc2)C2CCC2)CC1. The Morgan fingerprint density at radius 2 is 1.91 bits per heavy atom. The molecule has 0 heterocycles. The Hall–Kier alpha value is -1.36. The first kappa shape index (κ1) is 16.5. The summed E-state index contributed by atoms with van der Waals surface area (Å²) in [7, 11) is -3.04. The van der Waals surface area contributed by atoms with Crippen LogP contribution in [-0.2, 0) is 14.6 Å². The van der Waals surface area contributed by atoms with Crippen molar-refractivity contribution in [2.24, 2.45) is 11.3 Å². The lowest BCUT2D eigenvalue weighted by Gasteiger charge is -2.35. The van der Waals surface area contributed by atoms with Crippen molar-refractivity contribution >= 4 is 15.7 Å². The summed E-state index contributed by atoms with van der Waals surface area (Å²) in [4.78, 5) is 12.5. The highest BCUT2D eigenvalue weighted by molar-refractivity contribution is 7.90. The van der Waals surface area contributed by atoms with Crippen molar-refractivity contribution in [3.63, 3.8) is 0 Å². The minimum absolute atomic E-state index is 0.00750. The van der Waals surface area contributed by atoms with E-state index in [0.717, 1.165) is 31.2 Å². The monoisotopic (exact) mass is 335 g/mol. The molecule has 5 heteroatoms. The van der Waals surface area contributed by atoms with E-state index >= 15 is 0 Å². The van der Waals surface area contributed by atoms with Gasteiger partial charge in [-0.1, -0.05) is 36.8 Å². The smallest absolute Gasteiger partial charge is 0.221 e. The van der Waals surface area contributed by atoms with E-state index in [-0.39, 0.29) is 23.1 Å². The van der Waals surface area contributed by atoms with Gasteiger partial charge in [0.15, 0.2) is 0 Å². The Labute approximate surface area is 138 Å². The van der Waals surface area contributed by atoms with Gasteiger partial charge in [-0.05, 0) is 42.6 Å². The van der Waals surface area contributed by atoms with Gasteiger partial charge in [0.1, 0.15) is 9.84 Å². The quantitative estimate of drug-likeness (QED) is 0.833. The van der Waals surface area contributed by atoms with E-state index in [4.69, 9.17) is 0 Å². The summed E-state index contributed by atoms with van der Waals surface area (Å²) < 4.78 is 23.1. The number of hydrogen-bond acceptors (Lipinski definition) is 3. The molecular formula is C18H25NO3S. The van der Waals surface area contributed by atoms with Crippen LogP contribution in [0, 0.1) is 11.3 Å². The molecule has 0 bridgehead atoms. The Bertz CT molecular complexity index is 661. The van der Waals surface area contributed by atoms with E-state index in [1.807, 2.05) is 18.2 Å². The largest absolute Gasteiger partial charge is 0.349 e. The van der Waals surface area contributed by atoms with Crippen molar-refractivity contribution in [2.75, 3.05) is 12.0 Å². The van der Waals surface area contributed by atoms with E-state index in [2.05, 4.69) is 17.4 Å². The third-order valence-corrected chi connectivity index (χ3v) is 6.29. The van der Waals surface area contributed by atoms with Crippen LogP contribution in [0.5, 0.6) is 0 Å². The number of hydrogen-bond donors (Lipinski definition) is 1. The predicted octanol–water partition coefficient (Wildman–Crippen LogP) is 2.86. The molecule has 1 amide bonds. The van der Waals surface area contributed by atoms with Gasteiger partial charge in [0.25, 0.3) is 0 Å². The number of amides is 1. The van der Waals surface area contributed by atoms with E-state index in [0.29, 0.717) is 12.3 Å². The minimum atomic E-state index is -3.04. The number of rotatable bonds is 7. The van der Waals surface area contributed by atoms with E-state index in [9.17, 15) is 13.2 Å². The lowest BCUT2D eigenvalue weighted by Crippen LogP contribution is -2.37. The molecule has 1 atom stereocenters. The van der Waals surface area contributed by atoms with Crippen LogP contribution in [0.1, 0.15) is 50.1 Å². The van der Waals surface area contributed by atoms with Crippen molar-refractivity contribution in [2.45, 2.75) is 44.6 Å². The summed E-state index contributed by atoms with van der Waals surface area (Å²) in [6.07, 6.45) is 6.78. The number of sulfone groups is 1. The maximum atomic E-state index is 12.5. The molecule has 0 aromatic heterocycles. The molecule has 0 saturated heterocycles. The second kappa shape index (κ2) is 6.27. The molecule has 2 fully saturated rings. The summed E-state index contributed by atoms with van der Waals surface area (Å²) in [6.45, 7) is 0. The summed E-state index contributed by atoms with van der Waals surface area (Å²) >= 11 is 0. The maximum Gasteiger partial charge on any atom is 0.221 e. The average Bonchev–Trinajstić information content (AvgIpc) is 3.13. The number of carbonyl (C=O) groups excluding carboxylic acids is 1. The molecule has 4 nitrogen and oxygen atoms in total. The first-order chi connectivity index (χ1) is 10.9. The number of carbonyl (C=O) groups is 1. The second-order valence-corrected chi connectivity index (χ2v) is 9.53. The summed E-state index contributed by atoms with van der Waals surface area (Å²) in [5, 5.41) is 3.18. The molecule has 2 aliphatic rings. The zero-order valence-corrected chi connectivity index (χ0v) is 14.4. The van der Waals surface area contributed by atoms with E-state index in [1.165, 1.54) is 12.7 Å². The van der Waals surface area contributed by atoms with Gasteiger partial charge in [-0.15, -0.1) is 0 Å². The highest BCUT2D eigenvalue weighted by atomic mass is 32.2. The highest BCUT2D eigenvalue weighted by Crippen LogP contribution is 2.50. The maximum absolute atomic E-state index is 12.5. The van der Waals surface area contributed by atoms with Crippen molar-refractivity contribution < 1.29 is 13.2 Å². The fraction of sp³-hybridized carbons (Fsp3) is 0.611. The van der Waals surface area contributed by atoms with Crippen LogP contribution in [-0.4, -0.2) is 26.3 Å².